The molecule has 2 N–H and O–H groups in total. The van der Waals surface area contributed by atoms with Crippen LogP contribution in [0.25, 0.3) is 0 Å². The van der Waals surface area contributed by atoms with E-state index in [4.69, 9.17) is 5.11 Å². The Hall–Kier alpha value is -2.04. The molecular weight excluding hydrogens is 268 g/mol. The Bertz CT molecular complexity index is 477. The van der Waals surface area contributed by atoms with Gasteiger partial charge in [-0.15, -0.1) is 0 Å². The molecule has 0 unspecified atom stereocenters. The molecule has 1 saturated heterocycles. The molecule has 0 bridgehead atoms. The Morgan fingerprint density at radius 3 is 2.24 bits per heavy atom. The second-order valence-corrected chi connectivity index (χ2v) is 5.39. The molecule has 5 heteroatoms. The van der Waals surface area contributed by atoms with E-state index in [1.807, 2.05) is 4.90 Å². The third kappa shape index (κ3) is 4.77. The van der Waals surface area contributed by atoms with E-state index in [0.29, 0.717) is 13.0 Å². The fourth-order valence-corrected chi connectivity index (χ4v) is 2.51. The highest BCUT2D eigenvalue weighted by molar-refractivity contribution is 5.87. The van der Waals surface area contributed by atoms with Crippen LogP contribution in [0.2, 0.25) is 0 Å². The summed E-state index contributed by atoms with van der Waals surface area (Å²) in [6, 6.07) is 6.78. The molecule has 1 aliphatic heterocycles. The Morgan fingerprint density at radius 1 is 1.05 bits per heavy atom. The molecule has 114 valence electrons. The van der Waals surface area contributed by atoms with Crippen LogP contribution in [0.3, 0.4) is 0 Å². The van der Waals surface area contributed by atoms with Crippen LogP contribution in [0, 0.1) is 0 Å². The predicted molar refractivity (Wildman–Crippen MR) is 80.5 cm³/mol. The first-order chi connectivity index (χ1) is 10.2. The van der Waals surface area contributed by atoms with Crippen molar-refractivity contribution >= 4 is 12.0 Å². The van der Waals surface area contributed by atoms with Gasteiger partial charge in [-0.25, -0.2) is 9.59 Å². The predicted octanol–water partition coefficient (Wildman–Crippen LogP) is 2.51. The Kier molecular flexibility index (Phi) is 5.60. The number of carboxylic acids is 1. The van der Waals surface area contributed by atoms with Crippen LogP contribution in [0.4, 0.5) is 4.79 Å². The van der Waals surface area contributed by atoms with Crippen molar-refractivity contribution in [2.24, 2.45) is 0 Å². The van der Waals surface area contributed by atoms with Gasteiger partial charge in [0.1, 0.15) is 0 Å². The van der Waals surface area contributed by atoms with E-state index in [1.165, 1.54) is 12.8 Å². The number of carbonyl (C=O) groups is 2. The zero-order chi connectivity index (χ0) is 15.1. The summed E-state index contributed by atoms with van der Waals surface area (Å²) in [5.74, 6) is -0.920. The standard InChI is InChI=1S/C16H22N2O3/c19-15(20)14-7-5-13(6-8-14)9-10-17-16(21)18-11-3-1-2-4-12-18/h5-8H,1-4,9-12H2,(H,17,21)(H,19,20). The SMILES string of the molecule is O=C(O)c1ccc(CCNC(=O)N2CCCCCC2)cc1. The molecule has 0 radical (unpaired) electrons. The van der Waals surface area contributed by atoms with Crippen LogP contribution in [0.1, 0.15) is 41.6 Å². The summed E-state index contributed by atoms with van der Waals surface area (Å²) in [5, 5.41) is 11.8. The second kappa shape index (κ2) is 7.67. The van der Waals surface area contributed by atoms with Gasteiger partial charge in [0.15, 0.2) is 0 Å². The summed E-state index contributed by atoms with van der Waals surface area (Å²) < 4.78 is 0. The van der Waals surface area contributed by atoms with Crippen molar-refractivity contribution in [1.29, 1.82) is 0 Å². The molecule has 21 heavy (non-hydrogen) atoms. The Labute approximate surface area is 125 Å². The molecule has 1 fully saturated rings. The zero-order valence-electron chi connectivity index (χ0n) is 12.2. The van der Waals surface area contributed by atoms with Gasteiger partial charge in [-0.2, -0.15) is 0 Å². The molecule has 2 amide bonds. The Balaban J connectivity index is 1.75. The number of amides is 2. The van der Waals surface area contributed by atoms with Crippen molar-refractivity contribution in [2.75, 3.05) is 19.6 Å². The van der Waals surface area contributed by atoms with E-state index < -0.39 is 5.97 Å². The molecule has 5 nitrogen and oxygen atoms in total. The minimum atomic E-state index is -0.920. The lowest BCUT2D eigenvalue weighted by Crippen LogP contribution is -2.41. The number of nitrogens with zero attached hydrogens (tertiary/aromatic N) is 1. The van der Waals surface area contributed by atoms with E-state index in [9.17, 15) is 9.59 Å². The maximum atomic E-state index is 12.0. The van der Waals surface area contributed by atoms with Crippen LogP contribution in [-0.4, -0.2) is 41.6 Å². The van der Waals surface area contributed by atoms with Crippen LogP contribution in [0.15, 0.2) is 24.3 Å². The van der Waals surface area contributed by atoms with E-state index in [1.54, 1.807) is 24.3 Å². The average Bonchev–Trinajstić information content (AvgIpc) is 2.77. The van der Waals surface area contributed by atoms with Crippen molar-refractivity contribution in [3.63, 3.8) is 0 Å². The van der Waals surface area contributed by atoms with Gasteiger partial charge in [0.25, 0.3) is 0 Å². The maximum Gasteiger partial charge on any atom is 0.335 e. The van der Waals surface area contributed by atoms with Gasteiger partial charge in [-0.1, -0.05) is 25.0 Å². The second-order valence-electron chi connectivity index (χ2n) is 5.39. The highest BCUT2D eigenvalue weighted by Crippen LogP contribution is 2.09. The number of benzene rings is 1. The number of likely N-dealkylation sites (tertiary alicyclic amines) is 1. The van der Waals surface area contributed by atoms with Gasteiger partial charge in [-0.3, -0.25) is 0 Å². The van der Waals surface area contributed by atoms with E-state index in [0.717, 1.165) is 31.5 Å². The van der Waals surface area contributed by atoms with Crippen LogP contribution < -0.4 is 5.32 Å². The molecule has 0 saturated carbocycles. The zero-order valence-corrected chi connectivity index (χ0v) is 12.2. The minimum Gasteiger partial charge on any atom is -0.478 e. The fraction of sp³-hybridized carbons (Fsp3) is 0.500. The lowest BCUT2D eigenvalue weighted by atomic mass is 10.1. The highest BCUT2D eigenvalue weighted by atomic mass is 16.4. The quantitative estimate of drug-likeness (QED) is 0.895. The van der Waals surface area contributed by atoms with Gasteiger partial charge >= 0.3 is 12.0 Å². The number of carboxylic acid groups (broad SMARTS) is 1. The van der Waals surface area contributed by atoms with E-state index >= 15 is 0 Å². The van der Waals surface area contributed by atoms with Crippen LogP contribution in [-0.2, 0) is 6.42 Å². The molecule has 1 heterocycles. The van der Waals surface area contributed by atoms with Crippen molar-refractivity contribution in [3.05, 3.63) is 35.4 Å². The number of urea groups is 1. The van der Waals surface area contributed by atoms with Crippen molar-refractivity contribution in [1.82, 2.24) is 10.2 Å². The fourth-order valence-electron chi connectivity index (χ4n) is 2.51. The first-order valence-corrected chi connectivity index (χ1v) is 7.52. The minimum absolute atomic E-state index is 0.0130. The number of aromatic carboxylic acids is 1. The molecule has 0 aromatic heterocycles. The highest BCUT2D eigenvalue weighted by Gasteiger charge is 2.14. The number of hydrogen-bond donors (Lipinski definition) is 2. The number of nitrogens with one attached hydrogen (secondary N) is 1. The summed E-state index contributed by atoms with van der Waals surface area (Å²) in [4.78, 5) is 24.7. The largest absolute Gasteiger partial charge is 0.478 e. The molecule has 1 aromatic rings. The third-order valence-corrected chi connectivity index (χ3v) is 3.78. The molecule has 1 aliphatic rings. The molecule has 1 aromatic carbocycles. The summed E-state index contributed by atoms with van der Waals surface area (Å²) in [7, 11) is 0. The van der Waals surface area contributed by atoms with E-state index in [-0.39, 0.29) is 11.6 Å². The Morgan fingerprint density at radius 2 is 1.67 bits per heavy atom. The summed E-state index contributed by atoms with van der Waals surface area (Å²) in [6.45, 7) is 2.26. The van der Waals surface area contributed by atoms with Crippen molar-refractivity contribution < 1.29 is 14.7 Å². The van der Waals surface area contributed by atoms with Gasteiger partial charge in [-0.05, 0) is 37.0 Å². The summed E-state index contributed by atoms with van der Waals surface area (Å²) in [5.41, 5.74) is 1.31. The molecule has 0 aliphatic carbocycles. The van der Waals surface area contributed by atoms with Crippen molar-refractivity contribution in [2.45, 2.75) is 32.1 Å². The average molecular weight is 290 g/mol. The normalized spacial score (nSPS) is 15.3. The van der Waals surface area contributed by atoms with Gasteiger partial charge in [0.05, 0.1) is 5.56 Å². The first-order valence-electron chi connectivity index (χ1n) is 7.52. The van der Waals surface area contributed by atoms with Gasteiger partial charge in [0, 0.05) is 19.6 Å². The topological polar surface area (TPSA) is 69.6 Å². The molecule has 0 spiro atoms. The van der Waals surface area contributed by atoms with Crippen LogP contribution >= 0.6 is 0 Å². The summed E-state index contributed by atoms with van der Waals surface area (Å²) >= 11 is 0. The van der Waals surface area contributed by atoms with Crippen LogP contribution in [0.5, 0.6) is 0 Å². The molecule has 2 rings (SSSR count). The summed E-state index contributed by atoms with van der Waals surface area (Å²) in [6.07, 6.45) is 5.30. The van der Waals surface area contributed by atoms with E-state index in [2.05, 4.69) is 5.32 Å². The first kappa shape index (κ1) is 15.4. The van der Waals surface area contributed by atoms with Gasteiger partial charge < -0.3 is 15.3 Å². The van der Waals surface area contributed by atoms with Gasteiger partial charge in [0.2, 0.25) is 0 Å². The number of rotatable bonds is 4. The lowest BCUT2D eigenvalue weighted by molar-refractivity contribution is 0.0697. The monoisotopic (exact) mass is 290 g/mol. The van der Waals surface area contributed by atoms with Crippen molar-refractivity contribution in [3.8, 4) is 0 Å². The third-order valence-electron chi connectivity index (χ3n) is 3.78. The maximum absolute atomic E-state index is 12.0. The smallest absolute Gasteiger partial charge is 0.335 e. The molecule has 0 atom stereocenters. The number of carbonyl (C=O) groups excluding carboxylic acids is 1. The molecular formula is C16H22N2O3. The lowest BCUT2D eigenvalue weighted by Gasteiger charge is -2.20. The number of hydrogen-bond acceptors (Lipinski definition) is 2.